The smallest absolute Gasteiger partial charge is 0.0456 e. The van der Waals surface area contributed by atoms with Crippen LogP contribution >= 0.6 is 0 Å². The summed E-state index contributed by atoms with van der Waals surface area (Å²) in [5, 5.41) is 4.87. The number of benzene rings is 1. The van der Waals surface area contributed by atoms with Crippen LogP contribution in [0.15, 0.2) is 24.4 Å². The van der Waals surface area contributed by atoms with Crippen LogP contribution in [0.25, 0.3) is 10.9 Å². The van der Waals surface area contributed by atoms with E-state index in [2.05, 4.69) is 62.4 Å². The summed E-state index contributed by atoms with van der Waals surface area (Å²) >= 11 is 0. The van der Waals surface area contributed by atoms with Crippen LogP contribution in [0.3, 0.4) is 0 Å². The normalized spacial score (nSPS) is 11.9. The summed E-state index contributed by atoms with van der Waals surface area (Å²) in [6.45, 7) is 9.98. The van der Waals surface area contributed by atoms with Crippen LogP contribution in [0, 0.1) is 0 Å². The zero-order valence-corrected chi connectivity index (χ0v) is 12.6. The molecular formula is C17H26N2. The average molecular weight is 258 g/mol. The molecule has 2 nitrogen and oxygen atoms in total. The molecule has 0 amide bonds. The number of aryl methyl sites for hydroxylation is 1. The van der Waals surface area contributed by atoms with Gasteiger partial charge in [-0.2, -0.15) is 0 Å². The van der Waals surface area contributed by atoms with Crippen molar-refractivity contribution in [1.29, 1.82) is 0 Å². The van der Waals surface area contributed by atoms with Crippen molar-refractivity contribution in [3.8, 4) is 0 Å². The van der Waals surface area contributed by atoms with Crippen molar-refractivity contribution in [3.05, 3.63) is 35.5 Å². The summed E-state index contributed by atoms with van der Waals surface area (Å²) in [5.41, 5.74) is 4.13. The summed E-state index contributed by atoms with van der Waals surface area (Å²) in [6.07, 6.45) is 4.50. The molecule has 0 aliphatic carbocycles. The van der Waals surface area contributed by atoms with Crippen molar-refractivity contribution in [2.45, 2.75) is 52.5 Å². The van der Waals surface area contributed by atoms with Gasteiger partial charge in [-0.25, -0.2) is 0 Å². The van der Waals surface area contributed by atoms with Crippen LogP contribution < -0.4 is 5.32 Å². The number of H-pyrrole nitrogens is 1. The highest BCUT2D eigenvalue weighted by Crippen LogP contribution is 2.24. The third-order valence-corrected chi connectivity index (χ3v) is 3.63. The fraction of sp³-hybridized carbons (Fsp3) is 0.529. The van der Waals surface area contributed by atoms with Gasteiger partial charge >= 0.3 is 0 Å². The lowest BCUT2D eigenvalue weighted by Gasteiger charge is -2.08. The van der Waals surface area contributed by atoms with Crippen molar-refractivity contribution >= 4 is 10.9 Å². The molecule has 1 aromatic heterocycles. The Morgan fingerprint density at radius 2 is 1.95 bits per heavy atom. The van der Waals surface area contributed by atoms with Crippen LogP contribution in [0.2, 0.25) is 0 Å². The Balaban J connectivity index is 2.08. The molecule has 0 atom stereocenters. The lowest BCUT2D eigenvalue weighted by Crippen LogP contribution is -2.23. The highest BCUT2D eigenvalue weighted by molar-refractivity contribution is 5.84. The third-order valence-electron chi connectivity index (χ3n) is 3.63. The molecule has 104 valence electrons. The van der Waals surface area contributed by atoms with Crippen molar-refractivity contribution in [3.63, 3.8) is 0 Å². The molecule has 0 unspecified atom stereocenters. The van der Waals surface area contributed by atoms with E-state index in [1.165, 1.54) is 28.5 Å². The second kappa shape index (κ2) is 6.25. The first-order chi connectivity index (χ1) is 9.08. The van der Waals surface area contributed by atoms with E-state index in [9.17, 15) is 0 Å². The second-order valence-corrected chi connectivity index (χ2v) is 5.99. The van der Waals surface area contributed by atoms with E-state index in [1.54, 1.807) is 0 Å². The third kappa shape index (κ3) is 3.60. The molecular weight excluding hydrogens is 232 g/mol. The minimum absolute atomic E-state index is 0.579. The Hall–Kier alpha value is -1.28. The molecule has 2 rings (SSSR count). The average Bonchev–Trinajstić information content (AvgIpc) is 2.76. The van der Waals surface area contributed by atoms with Crippen molar-refractivity contribution in [2.24, 2.45) is 0 Å². The lowest BCUT2D eigenvalue weighted by atomic mass is 9.99. The second-order valence-electron chi connectivity index (χ2n) is 5.99. The molecule has 0 spiro atoms. The predicted octanol–water partition coefficient (Wildman–Crippen LogP) is 4.22. The molecule has 0 fully saturated rings. The number of nitrogens with one attached hydrogen (secondary N) is 2. The zero-order chi connectivity index (χ0) is 13.8. The minimum atomic E-state index is 0.579. The van der Waals surface area contributed by atoms with E-state index in [0.29, 0.717) is 12.0 Å². The molecule has 2 heteroatoms. The summed E-state index contributed by atoms with van der Waals surface area (Å²) in [7, 11) is 0. The van der Waals surface area contributed by atoms with Crippen molar-refractivity contribution in [1.82, 2.24) is 10.3 Å². The Labute approximate surface area is 116 Å². The van der Waals surface area contributed by atoms with Gasteiger partial charge in [-0.05, 0) is 48.6 Å². The Morgan fingerprint density at radius 1 is 1.16 bits per heavy atom. The van der Waals surface area contributed by atoms with E-state index >= 15 is 0 Å². The number of hydrogen-bond donors (Lipinski definition) is 2. The number of aromatic nitrogens is 1. The van der Waals surface area contributed by atoms with Gasteiger partial charge in [-0.15, -0.1) is 0 Å². The largest absolute Gasteiger partial charge is 0.361 e. The predicted molar refractivity (Wildman–Crippen MR) is 83.8 cm³/mol. The Kier molecular flexibility index (Phi) is 4.65. The summed E-state index contributed by atoms with van der Waals surface area (Å²) < 4.78 is 0. The summed E-state index contributed by atoms with van der Waals surface area (Å²) in [4.78, 5) is 3.38. The van der Waals surface area contributed by atoms with E-state index in [-0.39, 0.29) is 0 Å². The molecule has 2 aromatic rings. The van der Waals surface area contributed by atoms with Gasteiger partial charge < -0.3 is 10.3 Å². The van der Waals surface area contributed by atoms with Gasteiger partial charge in [0.1, 0.15) is 0 Å². The maximum Gasteiger partial charge on any atom is 0.0456 e. The number of aromatic amines is 1. The van der Waals surface area contributed by atoms with Gasteiger partial charge in [0.05, 0.1) is 0 Å². The first-order valence-corrected chi connectivity index (χ1v) is 7.41. The van der Waals surface area contributed by atoms with Crippen LogP contribution in [-0.2, 0) is 6.42 Å². The quantitative estimate of drug-likeness (QED) is 0.746. The first kappa shape index (κ1) is 14.1. The standard InChI is InChI=1S/C17H26N2/c1-12(2)14-7-8-17-16(10-14)15(11-19-17)6-5-9-18-13(3)4/h7-8,10-13,18-19H,5-6,9H2,1-4H3. The monoisotopic (exact) mass is 258 g/mol. The molecule has 0 saturated heterocycles. The topological polar surface area (TPSA) is 27.8 Å². The van der Waals surface area contributed by atoms with Crippen LogP contribution in [0.4, 0.5) is 0 Å². The molecule has 0 saturated carbocycles. The summed E-state index contributed by atoms with van der Waals surface area (Å²) in [5.74, 6) is 0.592. The van der Waals surface area contributed by atoms with Crippen molar-refractivity contribution in [2.75, 3.05) is 6.54 Å². The Morgan fingerprint density at radius 3 is 2.63 bits per heavy atom. The number of hydrogen-bond acceptors (Lipinski definition) is 1. The van der Waals surface area contributed by atoms with Crippen LogP contribution in [-0.4, -0.2) is 17.6 Å². The molecule has 1 aromatic carbocycles. The lowest BCUT2D eigenvalue weighted by molar-refractivity contribution is 0.571. The van der Waals surface area contributed by atoms with E-state index in [0.717, 1.165) is 13.0 Å². The van der Waals surface area contributed by atoms with Crippen LogP contribution in [0.5, 0.6) is 0 Å². The van der Waals surface area contributed by atoms with Gasteiger partial charge in [0.2, 0.25) is 0 Å². The maximum atomic E-state index is 3.48. The SMILES string of the molecule is CC(C)NCCCc1c[nH]c2ccc(C(C)C)cc12. The molecule has 0 aliphatic rings. The molecule has 0 aliphatic heterocycles. The van der Waals surface area contributed by atoms with E-state index in [1.807, 2.05) is 0 Å². The number of rotatable bonds is 6. The number of fused-ring (bicyclic) bond motifs is 1. The highest BCUT2D eigenvalue weighted by Gasteiger charge is 2.06. The van der Waals surface area contributed by atoms with E-state index in [4.69, 9.17) is 0 Å². The molecule has 0 radical (unpaired) electrons. The fourth-order valence-electron chi connectivity index (χ4n) is 2.43. The molecule has 0 bridgehead atoms. The van der Waals surface area contributed by atoms with Gasteiger partial charge in [0, 0.05) is 23.1 Å². The summed E-state index contributed by atoms with van der Waals surface area (Å²) in [6, 6.07) is 7.37. The van der Waals surface area contributed by atoms with E-state index < -0.39 is 0 Å². The zero-order valence-electron chi connectivity index (χ0n) is 12.6. The molecule has 2 N–H and O–H groups in total. The van der Waals surface area contributed by atoms with Gasteiger partial charge in [0.25, 0.3) is 0 Å². The van der Waals surface area contributed by atoms with Gasteiger partial charge in [-0.3, -0.25) is 0 Å². The van der Waals surface area contributed by atoms with Crippen molar-refractivity contribution < 1.29 is 0 Å². The molecule has 19 heavy (non-hydrogen) atoms. The van der Waals surface area contributed by atoms with Crippen LogP contribution in [0.1, 0.15) is 51.2 Å². The minimum Gasteiger partial charge on any atom is -0.361 e. The van der Waals surface area contributed by atoms with Gasteiger partial charge in [-0.1, -0.05) is 33.8 Å². The van der Waals surface area contributed by atoms with Gasteiger partial charge in [0.15, 0.2) is 0 Å². The first-order valence-electron chi connectivity index (χ1n) is 7.41. The highest BCUT2D eigenvalue weighted by atomic mass is 14.9. The maximum absolute atomic E-state index is 3.48. The fourth-order valence-corrected chi connectivity index (χ4v) is 2.43. The molecule has 1 heterocycles. The Bertz CT molecular complexity index is 523.